The second-order valence-corrected chi connectivity index (χ2v) is 3.91. The Balaban J connectivity index is 2.16. The van der Waals surface area contributed by atoms with E-state index in [0.717, 1.165) is 0 Å². The van der Waals surface area contributed by atoms with E-state index >= 15 is 0 Å². The molecule has 5 nitrogen and oxygen atoms in total. The third kappa shape index (κ3) is 2.65. The Morgan fingerprint density at radius 1 is 1.56 bits per heavy atom. The van der Waals surface area contributed by atoms with Crippen LogP contribution in [0, 0.1) is 5.82 Å². The lowest BCUT2D eigenvalue weighted by atomic mass is 10.2. The summed E-state index contributed by atoms with van der Waals surface area (Å²) in [5.74, 6) is -1.15. The molecule has 0 amide bonds. The van der Waals surface area contributed by atoms with Crippen LogP contribution in [0.3, 0.4) is 0 Å². The van der Waals surface area contributed by atoms with E-state index in [2.05, 4.69) is 14.8 Å². The van der Waals surface area contributed by atoms with Crippen molar-refractivity contribution < 1.29 is 13.9 Å². The lowest BCUT2D eigenvalue weighted by molar-refractivity contribution is 0.0586. The molecule has 2 rings (SSSR count). The maximum Gasteiger partial charge on any atom is 0.377 e. The molecule has 0 aliphatic rings. The normalized spacial score (nSPS) is 10.4. The number of rotatable bonds is 3. The zero-order chi connectivity index (χ0) is 13.1. The van der Waals surface area contributed by atoms with Crippen molar-refractivity contribution in [2.75, 3.05) is 7.11 Å². The van der Waals surface area contributed by atoms with Crippen molar-refractivity contribution in [1.82, 2.24) is 14.8 Å². The fraction of sp³-hybridized carbons (Fsp3) is 0.182. The van der Waals surface area contributed by atoms with Gasteiger partial charge in [0.25, 0.3) is 5.82 Å². The summed E-state index contributed by atoms with van der Waals surface area (Å²) in [5, 5.41) is 3.97. The van der Waals surface area contributed by atoms with Gasteiger partial charge in [-0.25, -0.2) is 18.9 Å². The van der Waals surface area contributed by atoms with Crippen molar-refractivity contribution in [2.24, 2.45) is 0 Å². The van der Waals surface area contributed by atoms with E-state index in [4.69, 9.17) is 11.6 Å². The summed E-state index contributed by atoms with van der Waals surface area (Å²) in [6.07, 6.45) is 1.37. The predicted molar refractivity (Wildman–Crippen MR) is 61.9 cm³/mol. The van der Waals surface area contributed by atoms with E-state index in [0.29, 0.717) is 5.56 Å². The van der Waals surface area contributed by atoms with Crippen LogP contribution < -0.4 is 0 Å². The molecule has 0 aliphatic heterocycles. The molecule has 7 heteroatoms. The number of carbonyl (C=O) groups is 1. The highest BCUT2D eigenvalue weighted by molar-refractivity contribution is 6.30. The average molecular weight is 270 g/mol. The molecule has 0 fully saturated rings. The summed E-state index contributed by atoms with van der Waals surface area (Å²) in [6, 6.07) is 4.44. The van der Waals surface area contributed by atoms with E-state index in [1.54, 1.807) is 6.07 Å². The van der Waals surface area contributed by atoms with Gasteiger partial charge in [0.15, 0.2) is 0 Å². The molecule has 94 valence electrons. The summed E-state index contributed by atoms with van der Waals surface area (Å²) < 4.78 is 19.1. The lowest BCUT2D eigenvalue weighted by Gasteiger charge is -2.02. The highest BCUT2D eigenvalue weighted by Crippen LogP contribution is 2.16. The van der Waals surface area contributed by atoms with Crippen LogP contribution in [-0.4, -0.2) is 27.8 Å². The minimum absolute atomic E-state index is 0.0352. The van der Waals surface area contributed by atoms with Crippen LogP contribution in [-0.2, 0) is 11.3 Å². The van der Waals surface area contributed by atoms with Gasteiger partial charge in [-0.3, -0.25) is 0 Å². The van der Waals surface area contributed by atoms with Gasteiger partial charge in [0.1, 0.15) is 12.1 Å². The van der Waals surface area contributed by atoms with Gasteiger partial charge in [-0.1, -0.05) is 17.7 Å². The van der Waals surface area contributed by atoms with Crippen molar-refractivity contribution >= 4 is 17.6 Å². The molecule has 0 N–H and O–H groups in total. The van der Waals surface area contributed by atoms with Crippen molar-refractivity contribution in [3.8, 4) is 0 Å². The van der Waals surface area contributed by atoms with Crippen molar-refractivity contribution in [3.05, 3.63) is 46.8 Å². The summed E-state index contributed by atoms with van der Waals surface area (Å²) in [7, 11) is 1.25. The molecular weight excluding hydrogens is 261 g/mol. The van der Waals surface area contributed by atoms with Crippen molar-refractivity contribution in [2.45, 2.75) is 6.54 Å². The SMILES string of the molecule is COC(=O)c1ncn(Cc2ccc(Cl)c(F)c2)n1. The number of aromatic nitrogens is 3. The van der Waals surface area contributed by atoms with Crippen LogP contribution in [0.1, 0.15) is 16.2 Å². The first-order valence-electron chi connectivity index (χ1n) is 5.02. The smallest absolute Gasteiger partial charge is 0.377 e. The molecule has 0 unspecified atom stereocenters. The lowest BCUT2D eigenvalue weighted by Crippen LogP contribution is -2.06. The molecule has 0 radical (unpaired) electrons. The van der Waals surface area contributed by atoms with E-state index in [-0.39, 0.29) is 17.4 Å². The Kier molecular flexibility index (Phi) is 3.57. The average Bonchev–Trinajstić information content (AvgIpc) is 2.81. The first-order chi connectivity index (χ1) is 8.60. The molecule has 1 aromatic carbocycles. The molecule has 0 bridgehead atoms. The third-order valence-corrected chi connectivity index (χ3v) is 2.54. The number of carbonyl (C=O) groups excluding carboxylic acids is 1. The minimum atomic E-state index is -0.615. The first kappa shape index (κ1) is 12.5. The molecule has 0 spiro atoms. The van der Waals surface area contributed by atoms with E-state index in [1.165, 1.54) is 30.3 Å². The van der Waals surface area contributed by atoms with Gasteiger partial charge in [0.2, 0.25) is 0 Å². The zero-order valence-corrected chi connectivity index (χ0v) is 10.2. The summed E-state index contributed by atoms with van der Waals surface area (Å²) in [5.41, 5.74) is 0.665. The largest absolute Gasteiger partial charge is 0.463 e. The van der Waals surface area contributed by atoms with Crippen LogP contribution in [0.4, 0.5) is 4.39 Å². The van der Waals surface area contributed by atoms with E-state index in [1.807, 2.05) is 0 Å². The molecule has 0 saturated heterocycles. The number of halogens is 2. The molecule has 1 aromatic heterocycles. The fourth-order valence-corrected chi connectivity index (χ4v) is 1.50. The quantitative estimate of drug-likeness (QED) is 0.799. The number of nitrogens with zero attached hydrogens (tertiary/aromatic N) is 3. The van der Waals surface area contributed by atoms with E-state index < -0.39 is 11.8 Å². The summed E-state index contributed by atoms with van der Waals surface area (Å²) in [6.45, 7) is 0.290. The number of hydrogen-bond acceptors (Lipinski definition) is 4. The van der Waals surface area contributed by atoms with Gasteiger partial charge in [0.05, 0.1) is 18.7 Å². The molecule has 18 heavy (non-hydrogen) atoms. The molecule has 2 aromatic rings. The second-order valence-electron chi connectivity index (χ2n) is 3.51. The summed E-state index contributed by atoms with van der Waals surface area (Å²) in [4.78, 5) is 14.9. The molecule has 0 saturated carbocycles. The van der Waals surface area contributed by atoms with Gasteiger partial charge in [0, 0.05) is 0 Å². The highest BCUT2D eigenvalue weighted by atomic mass is 35.5. The van der Waals surface area contributed by atoms with E-state index in [9.17, 15) is 9.18 Å². The van der Waals surface area contributed by atoms with Crippen LogP contribution in [0.2, 0.25) is 5.02 Å². The number of hydrogen-bond donors (Lipinski definition) is 0. The zero-order valence-electron chi connectivity index (χ0n) is 9.43. The van der Waals surface area contributed by atoms with Gasteiger partial charge in [-0.05, 0) is 17.7 Å². The third-order valence-electron chi connectivity index (χ3n) is 2.23. The Hall–Kier alpha value is -1.95. The van der Waals surface area contributed by atoms with Gasteiger partial charge in [-0.2, -0.15) is 0 Å². The standard InChI is InChI=1S/C11H9ClFN3O2/c1-18-11(17)10-14-6-16(15-10)5-7-2-3-8(12)9(13)4-7/h2-4,6H,5H2,1H3. The highest BCUT2D eigenvalue weighted by Gasteiger charge is 2.11. The Morgan fingerprint density at radius 2 is 2.33 bits per heavy atom. The fourth-order valence-electron chi connectivity index (χ4n) is 1.38. The Bertz CT molecular complexity index is 585. The molecular formula is C11H9ClFN3O2. The molecule has 0 aliphatic carbocycles. The minimum Gasteiger partial charge on any atom is -0.463 e. The van der Waals surface area contributed by atoms with Crippen LogP contribution in [0.15, 0.2) is 24.5 Å². The maximum atomic E-state index is 13.2. The monoisotopic (exact) mass is 269 g/mol. The van der Waals surface area contributed by atoms with Crippen molar-refractivity contribution in [1.29, 1.82) is 0 Å². The number of methoxy groups -OCH3 is 1. The Morgan fingerprint density at radius 3 is 3.00 bits per heavy atom. The van der Waals surface area contributed by atoms with Gasteiger partial charge >= 0.3 is 5.97 Å². The molecule has 1 heterocycles. The topological polar surface area (TPSA) is 57.0 Å². The first-order valence-corrected chi connectivity index (χ1v) is 5.39. The van der Waals surface area contributed by atoms with Gasteiger partial charge < -0.3 is 4.74 Å². The van der Waals surface area contributed by atoms with Crippen LogP contribution in [0.5, 0.6) is 0 Å². The number of ether oxygens (including phenoxy) is 1. The molecule has 0 atom stereocenters. The van der Waals surface area contributed by atoms with Crippen LogP contribution in [0.25, 0.3) is 0 Å². The number of benzene rings is 1. The summed E-state index contributed by atoms with van der Waals surface area (Å²) >= 11 is 5.58. The Labute approximate surface area is 107 Å². The predicted octanol–water partition coefficient (Wildman–Crippen LogP) is 1.91. The number of esters is 1. The second kappa shape index (κ2) is 5.14. The maximum absolute atomic E-state index is 13.2. The van der Waals surface area contributed by atoms with Crippen molar-refractivity contribution in [3.63, 3.8) is 0 Å². The van der Waals surface area contributed by atoms with Crippen LogP contribution >= 0.6 is 11.6 Å². The van der Waals surface area contributed by atoms with Gasteiger partial charge in [-0.15, -0.1) is 5.10 Å².